The average molecular weight is 327 g/mol. The van der Waals surface area contributed by atoms with Gasteiger partial charge in [0.05, 0.1) is 0 Å². The van der Waals surface area contributed by atoms with Crippen LogP contribution in [0.25, 0.3) is 0 Å². The number of carbonyl (C=O) groups is 1. The van der Waals surface area contributed by atoms with Crippen LogP contribution in [0.2, 0.25) is 0 Å². The Bertz CT molecular complexity index is 853. The molecule has 0 saturated heterocycles. The first-order valence-electron chi connectivity index (χ1n) is 5.48. The van der Waals surface area contributed by atoms with Gasteiger partial charge in [0.15, 0.2) is 5.75 Å². The minimum absolute atomic E-state index is 0.0872. The summed E-state index contributed by atoms with van der Waals surface area (Å²) < 4.78 is 31.4. The minimum Gasteiger partial charge on any atom is -0.506 e. The number of anilines is 3. The molecule has 116 valence electrons. The molecular weight excluding hydrogens is 318 g/mol. The summed E-state index contributed by atoms with van der Waals surface area (Å²) in [6.45, 7) is 0. The Morgan fingerprint density at radius 1 is 1.27 bits per heavy atom. The van der Waals surface area contributed by atoms with Crippen molar-refractivity contribution in [2.24, 2.45) is 0 Å². The lowest BCUT2D eigenvalue weighted by atomic mass is 10.2. The lowest BCUT2D eigenvalue weighted by Gasteiger charge is -2.10. The highest BCUT2D eigenvalue weighted by atomic mass is 32.2. The number of carboxylic acids is 1. The maximum absolute atomic E-state index is 11.2. The van der Waals surface area contributed by atoms with E-state index in [4.69, 9.17) is 15.4 Å². The SMILES string of the molecule is Nc1ncnc(Nc2cc(C(=O)O)c(O)c(S(=O)(=O)O)c2)n1. The molecule has 0 unspecified atom stereocenters. The third-order valence-electron chi connectivity index (χ3n) is 2.43. The molecule has 0 amide bonds. The zero-order valence-electron chi connectivity index (χ0n) is 10.6. The van der Waals surface area contributed by atoms with Gasteiger partial charge in [-0.15, -0.1) is 0 Å². The van der Waals surface area contributed by atoms with Gasteiger partial charge in [-0.25, -0.2) is 14.8 Å². The number of nitrogens with zero attached hydrogens (tertiary/aromatic N) is 3. The van der Waals surface area contributed by atoms with Crippen molar-refractivity contribution in [3.05, 3.63) is 24.0 Å². The highest BCUT2D eigenvalue weighted by molar-refractivity contribution is 7.86. The van der Waals surface area contributed by atoms with Crippen LogP contribution < -0.4 is 11.1 Å². The Morgan fingerprint density at radius 3 is 2.50 bits per heavy atom. The summed E-state index contributed by atoms with van der Waals surface area (Å²) >= 11 is 0. The molecule has 0 spiro atoms. The molecule has 0 fully saturated rings. The van der Waals surface area contributed by atoms with Gasteiger partial charge >= 0.3 is 5.97 Å². The molecule has 2 rings (SSSR count). The van der Waals surface area contributed by atoms with Crippen LogP contribution in [0.5, 0.6) is 5.75 Å². The van der Waals surface area contributed by atoms with E-state index in [2.05, 4.69) is 20.3 Å². The van der Waals surface area contributed by atoms with E-state index < -0.39 is 32.3 Å². The van der Waals surface area contributed by atoms with Crippen molar-refractivity contribution in [3.8, 4) is 5.75 Å². The number of nitrogens with one attached hydrogen (secondary N) is 1. The zero-order chi connectivity index (χ0) is 16.5. The van der Waals surface area contributed by atoms with E-state index in [0.717, 1.165) is 18.5 Å². The van der Waals surface area contributed by atoms with Crippen molar-refractivity contribution >= 4 is 33.7 Å². The average Bonchev–Trinajstić information content (AvgIpc) is 2.39. The van der Waals surface area contributed by atoms with Crippen LogP contribution in [-0.2, 0) is 10.1 Å². The topological polar surface area (TPSA) is 189 Å². The Morgan fingerprint density at radius 2 is 1.95 bits per heavy atom. The second-order valence-electron chi connectivity index (χ2n) is 3.94. The number of rotatable bonds is 4. The van der Waals surface area contributed by atoms with Crippen LogP contribution in [0, 0.1) is 0 Å². The van der Waals surface area contributed by atoms with E-state index in [1.54, 1.807) is 0 Å². The third kappa shape index (κ3) is 3.18. The first kappa shape index (κ1) is 15.4. The third-order valence-corrected chi connectivity index (χ3v) is 3.30. The number of carboxylic acid groups (broad SMARTS) is 1. The van der Waals surface area contributed by atoms with Crippen molar-refractivity contribution in [3.63, 3.8) is 0 Å². The van der Waals surface area contributed by atoms with Gasteiger partial charge in [-0.1, -0.05) is 0 Å². The van der Waals surface area contributed by atoms with Gasteiger partial charge in [0.2, 0.25) is 11.9 Å². The number of benzene rings is 1. The normalized spacial score (nSPS) is 11.1. The fourth-order valence-corrected chi connectivity index (χ4v) is 2.17. The highest BCUT2D eigenvalue weighted by Crippen LogP contribution is 2.31. The molecule has 0 aliphatic rings. The second kappa shape index (κ2) is 5.42. The number of phenols is 1. The number of hydrogen-bond donors (Lipinski definition) is 5. The first-order chi connectivity index (χ1) is 10.2. The largest absolute Gasteiger partial charge is 0.506 e. The predicted molar refractivity (Wildman–Crippen MR) is 72.4 cm³/mol. The summed E-state index contributed by atoms with van der Waals surface area (Å²) in [4.78, 5) is 21.0. The van der Waals surface area contributed by atoms with Gasteiger partial charge < -0.3 is 21.3 Å². The van der Waals surface area contributed by atoms with Crippen LogP contribution in [0.3, 0.4) is 0 Å². The summed E-state index contributed by atoms with van der Waals surface area (Å²) in [6, 6.07) is 1.75. The summed E-state index contributed by atoms with van der Waals surface area (Å²) in [5.74, 6) is -2.89. The standard InChI is InChI=1S/C10H9N5O6S/c11-9-12-3-13-10(15-9)14-4-1-5(8(17)18)7(16)6(2-4)22(19,20)21/h1-3,16H,(H,17,18)(H,19,20,21)(H3,11,12,13,14,15). The van der Waals surface area contributed by atoms with Crippen LogP contribution in [0.1, 0.15) is 10.4 Å². The van der Waals surface area contributed by atoms with Gasteiger partial charge in [-0.3, -0.25) is 4.55 Å². The minimum atomic E-state index is -4.84. The van der Waals surface area contributed by atoms with Crippen LogP contribution in [-0.4, -0.2) is 44.1 Å². The maximum Gasteiger partial charge on any atom is 0.339 e. The lowest BCUT2D eigenvalue weighted by molar-refractivity contribution is 0.0693. The number of aromatic carboxylic acids is 1. The van der Waals surface area contributed by atoms with Crippen molar-refractivity contribution < 1.29 is 28.0 Å². The molecule has 0 aliphatic heterocycles. The monoisotopic (exact) mass is 327 g/mol. The molecule has 1 heterocycles. The zero-order valence-corrected chi connectivity index (χ0v) is 11.4. The molecule has 2 aromatic rings. The van der Waals surface area contributed by atoms with E-state index in [0.29, 0.717) is 0 Å². The van der Waals surface area contributed by atoms with Crippen molar-refractivity contribution in [1.29, 1.82) is 0 Å². The molecule has 6 N–H and O–H groups in total. The fourth-order valence-electron chi connectivity index (χ4n) is 1.54. The van der Waals surface area contributed by atoms with Crippen LogP contribution in [0.15, 0.2) is 23.4 Å². The number of nitrogens with two attached hydrogens (primary N) is 1. The molecule has 0 bridgehead atoms. The summed E-state index contributed by atoms with van der Waals surface area (Å²) in [6.07, 6.45) is 1.08. The molecule has 12 heteroatoms. The van der Waals surface area contributed by atoms with E-state index in [-0.39, 0.29) is 17.6 Å². The van der Waals surface area contributed by atoms with Gasteiger partial charge in [-0.2, -0.15) is 13.4 Å². The molecule has 0 atom stereocenters. The smallest absolute Gasteiger partial charge is 0.339 e. The lowest BCUT2D eigenvalue weighted by Crippen LogP contribution is -2.07. The molecule has 11 nitrogen and oxygen atoms in total. The van der Waals surface area contributed by atoms with Gasteiger partial charge in [0, 0.05) is 5.69 Å². The maximum atomic E-state index is 11.2. The van der Waals surface area contributed by atoms with Crippen molar-refractivity contribution in [1.82, 2.24) is 15.0 Å². The Labute approximate surface area is 123 Å². The predicted octanol–water partition coefficient (Wildman–Crippen LogP) is -0.152. The molecule has 22 heavy (non-hydrogen) atoms. The van der Waals surface area contributed by atoms with Crippen LogP contribution in [0.4, 0.5) is 17.6 Å². The van der Waals surface area contributed by atoms with Gasteiger partial charge in [0.25, 0.3) is 10.1 Å². The molecule has 0 saturated carbocycles. The summed E-state index contributed by atoms with van der Waals surface area (Å²) in [5, 5.41) is 21.1. The number of nitrogen functional groups attached to an aromatic ring is 1. The second-order valence-corrected chi connectivity index (χ2v) is 5.33. The molecule has 1 aromatic carbocycles. The van der Waals surface area contributed by atoms with E-state index >= 15 is 0 Å². The Balaban J connectivity index is 2.57. The number of hydrogen-bond acceptors (Lipinski definition) is 9. The summed E-state index contributed by atoms with van der Waals surface area (Å²) in [7, 11) is -4.84. The summed E-state index contributed by atoms with van der Waals surface area (Å²) in [5.41, 5.74) is 4.50. The van der Waals surface area contributed by atoms with E-state index in [9.17, 15) is 18.3 Å². The van der Waals surface area contributed by atoms with Gasteiger partial charge in [0.1, 0.15) is 16.8 Å². The Hall–Kier alpha value is -2.99. The van der Waals surface area contributed by atoms with Crippen molar-refractivity contribution in [2.75, 3.05) is 11.1 Å². The van der Waals surface area contributed by atoms with Crippen molar-refractivity contribution in [2.45, 2.75) is 4.90 Å². The highest BCUT2D eigenvalue weighted by Gasteiger charge is 2.23. The molecule has 0 aliphatic carbocycles. The van der Waals surface area contributed by atoms with Crippen LogP contribution >= 0.6 is 0 Å². The van der Waals surface area contributed by atoms with E-state index in [1.807, 2.05) is 0 Å². The fraction of sp³-hybridized carbons (Fsp3) is 0. The molecular formula is C10H9N5O6S. The quantitative estimate of drug-likeness (QED) is 0.370. The number of aromatic nitrogens is 3. The molecule has 1 aromatic heterocycles. The first-order valence-corrected chi connectivity index (χ1v) is 6.92. The molecule has 0 radical (unpaired) electrons. The number of aromatic hydroxyl groups is 1. The van der Waals surface area contributed by atoms with E-state index in [1.165, 1.54) is 0 Å². The van der Waals surface area contributed by atoms with Gasteiger partial charge in [-0.05, 0) is 12.1 Å². The Kier molecular flexibility index (Phi) is 3.79.